The van der Waals surface area contributed by atoms with Gasteiger partial charge in [0.05, 0.1) is 31.3 Å². The Bertz CT molecular complexity index is 777. The molecule has 0 bridgehead atoms. The van der Waals surface area contributed by atoms with E-state index in [0.717, 1.165) is 50.7 Å². The van der Waals surface area contributed by atoms with E-state index in [1.807, 2.05) is 23.2 Å². The molecule has 2 aliphatic rings. The largest absolute Gasteiger partial charge is 0.375 e. The number of nitrogens with zero attached hydrogens (tertiary/aromatic N) is 4. The average molecular weight is 511 g/mol. The van der Waals surface area contributed by atoms with Crippen LogP contribution in [0.25, 0.3) is 5.69 Å². The molecular formula is C21H30IN5O2. The molecule has 2 aliphatic heterocycles. The van der Waals surface area contributed by atoms with E-state index in [1.165, 1.54) is 5.56 Å². The summed E-state index contributed by atoms with van der Waals surface area (Å²) in [4.78, 5) is 11.4. The van der Waals surface area contributed by atoms with Crippen LogP contribution in [-0.4, -0.2) is 65.5 Å². The van der Waals surface area contributed by atoms with E-state index in [4.69, 9.17) is 14.5 Å². The van der Waals surface area contributed by atoms with Gasteiger partial charge in [0, 0.05) is 38.6 Å². The van der Waals surface area contributed by atoms with Crippen LogP contribution in [0.1, 0.15) is 25.3 Å². The highest BCUT2D eigenvalue weighted by Gasteiger charge is 2.32. The number of rotatable bonds is 5. The van der Waals surface area contributed by atoms with E-state index in [0.29, 0.717) is 13.2 Å². The first kappa shape index (κ1) is 22.0. The summed E-state index contributed by atoms with van der Waals surface area (Å²) in [7, 11) is 0. The molecule has 0 amide bonds. The number of aliphatic imine (C=N–C) groups is 1. The van der Waals surface area contributed by atoms with Crippen LogP contribution in [0.3, 0.4) is 0 Å². The Balaban J connectivity index is 0.00000240. The fraction of sp³-hybridized carbons (Fsp3) is 0.524. The van der Waals surface area contributed by atoms with Gasteiger partial charge in [-0.2, -0.15) is 0 Å². The second-order valence-corrected chi connectivity index (χ2v) is 7.18. The van der Waals surface area contributed by atoms with Gasteiger partial charge in [-0.3, -0.25) is 0 Å². The van der Waals surface area contributed by atoms with Crippen molar-refractivity contribution in [2.45, 2.75) is 38.5 Å². The van der Waals surface area contributed by atoms with Crippen molar-refractivity contribution in [3.8, 4) is 5.69 Å². The van der Waals surface area contributed by atoms with Gasteiger partial charge >= 0.3 is 0 Å². The number of imidazole rings is 1. The zero-order valence-electron chi connectivity index (χ0n) is 16.9. The molecule has 2 unspecified atom stereocenters. The minimum Gasteiger partial charge on any atom is -0.375 e. The van der Waals surface area contributed by atoms with Crippen molar-refractivity contribution in [3.63, 3.8) is 0 Å². The highest BCUT2D eigenvalue weighted by atomic mass is 127. The molecule has 0 aliphatic carbocycles. The van der Waals surface area contributed by atoms with Crippen LogP contribution in [0.4, 0.5) is 0 Å². The van der Waals surface area contributed by atoms with E-state index >= 15 is 0 Å². The predicted molar refractivity (Wildman–Crippen MR) is 124 cm³/mol. The fourth-order valence-corrected chi connectivity index (χ4v) is 3.87. The van der Waals surface area contributed by atoms with Crippen LogP contribution < -0.4 is 5.32 Å². The van der Waals surface area contributed by atoms with Gasteiger partial charge in [-0.05, 0) is 31.4 Å². The van der Waals surface area contributed by atoms with E-state index in [-0.39, 0.29) is 36.2 Å². The maximum absolute atomic E-state index is 5.99. The first-order valence-electron chi connectivity index (χ1n) is 10.2. The van der Waals surface area contributed by atoms with Crippen molar-refractivity contribution >= 4 is 29.9 Å². The summed E-state index contributed by atoms with van der Waals surface area (Å²) >= 11 is 0. The second kappa shape index (κ2) is 10.9. The number of nitrogens with one attached hydrogen (secondary N) is 1. The number of morpholine rings is 1. The third-order valence-corrected chi connectivity index (χ3v) is 5.28. The van der Waals surface area contributed by atoms with Crippen molar-refractivity contribution in [3.05, 3.63) is 48.5 Å². The summed E-state index contributed by atoms with van der Waals surface area (Å²) in [5, 5.41) is 3.45. The molecule has 2 saturated heterocycles. The zero-order valence-corrected chi connectivity index (χ0v) is 19.2. The highest BCUT2D eigenvalue weighted by molar-refractivity contribution is 14.0. The monoisotopic (exact) mass is 511 g/mol. The molecule has 1 aromatic carbocycles. The van der Waals surface area contributed by atoms with Gasteiger partial charge in [0.25, 0.3) is 0 Å². The molecule has 2 aromatic rings. The second-order valence-electron chi connectivity index (χ2n) is 7.18. The molecule has 3 heterocycles. The van der Waals surface area contributed by atoms with Gasteiger partial charge in [-0.25, -0.2) is 9.98 Å². The summed E-state index contributed by atoms with van der Waals surface area (Å²) in [6.07, 6.45) is 8.13. The highest BCUT2D eigenvalue weighted by Crippen LogP contribution is 2.21. The van der Waals surface area contributed by atoms with E-state index < -0.39 is 0 Å². The molecule has 0 saturated carbocycles. The lowest BCUT2D eigenvalue weighted by Crippen LogP contribution is -2.53. The summed E-state index contributed by atoms with van der Waals surface area (Å²) in [5.74, 6) is 0.939. The van der Waals surface area contributed by atoms with Crippen LogP contribution in [0.2, 0.25) is 0 Å². The maximum atomic E-state index is 5.99. The van der Waals surface area contributed by atoms with Crippen molar-refractivity contribution in [1.29, 1.82) is 0 Å². The minimum atomic E-state index is 0. The lowest BCUT2D eigenvalue weighted by atomic mass is 10.1. The van der Waals surface area contributed by atoms with Gasteiger partial charge in [0.2, 0.25) is 0 Å². The minimum absolute atomic E-state index is 0. The number of benzene rings is 1. The van der Waals surface area contributed by atoms with E-state index in [1.54, 1.807) is 6.20 Å². The number of hydrogen-bond acceptors (Lipinski definition) is 4. The first-order chi connectivity index (χ1) is 13.8. The Labute approximate surface area is 189 Å². The Morgan fingerprint density at radius 2 is 2.10 bits per heavy atom. The SMILES string of the molecule is CCNC(=NCc1ccccc1-n1ccnc1)N1CCOC(C2CCCO2)C1.I. The Kier molecular flexibility index (Phi) is 8.31. The molecule has 8 heteroatoms. The van der Waals surface area contributed by atoms with Crippen molar-refractivity contribution < 1.29 is 9.47 Å². The van der Waals surface area contributed by atoms with E-state index in [2.05, 4.69) is 40.3 Å². The van der Waals surface area contributed by atoms with Gasteiger partial charge in [0.1, 0.15) is 6.10 Å². The lowest BCUT2D eigenvalue weighted by Gasteiger charge is -2.37. The molecule has 1 aromatic heterocycles. The van der Waals surface area contributed by atoms with Crippen molar-refractivity contribution in [2.24, 2.45) is 4.99 Å². The lowest BCUT2D eigenvalue weighted by molar-refractivity contribution is -0.0817. The van der Waals surface area contributed by atoms with Crippen LogP contribution in [0.15, 0.2) is 48.0 Å². The number of halogens is 1. The summed E-state index contributed by atoms with van der Waals surface area (Å²) < 4.78 is 13.9. The number of hydrogen-bond donors (Lipinski definition) is 1. The van der Waals surface area contributed by atoms with Crippen LogP contribution in [0.5, 0.6) is 0 Å². The smallest absolute Gasteiger partial charge is 0.194 e. The zero-order chi connectivity index (χ0) is 19.2. The maximum Gasteiger partial charge on any atom is 0.194 e. The topological polar surface area (TPSA) is 63.9 Å². The quantitative estimate of drug-likeness (QED) is 0.380. The van der Waals surface area contributed by atoms with Crippen molar-refractivity contribution in [1.82, 2.24) is 19.8 Å². The predicted octanol–water partition coefficient (Wildman–Crippen LogP) is 2.84. The molecule has 7 nitrogen and oxygen atoms in total. The van der Waals surface area contributed by atoms with Crippen LogP contribution in [0, 0.1) is 0 Å². The molecular weight excluding hydrogens is 481 g/mol. The summed E-state index contributed by atoms with van der Waals surface area (Å²) in [6, 6.07) is 8.32. The number of ether oxygens (including phenoxy) is 2. The first-order valence-corrected chi connectivity index (χ1v) is 10.2. The molecule has 0 radical (unpaired) electrons. The Morgan fingerprint density at radius 1 is 1.24 bits per heavy atom. The van der Waals surface area contributed by atoms with Gasteiger partial charge in [-0.1, -0.05) is 18.2 Å². The summed E-state index contributed by atoms with van der Waals surface area (Å²) in [6.45, 7) is 6.78. The summed E-state index contributed by atoms with van der Waals surface area (Å²) in [5.41, 5.74) is 2.28. The van der Waals surface area contributed by atoms with Gasteiger partial charge < -0.3 is 24.3 Å². The Morgan fingerprint density at radius 3 is 2.86 bits per heavy atom. The molecule has 158 valence electrons. The standard InChI is InChI=1S/C21H29N5O2.HI/c1-2-23-21(25-11-13-28-20(15-25)19-8-5-12-27-19)24-14-17-6-3-4-7-18(17)26-10-9-22-16-26;/h3-4,6-7,9-10,16,19-20H,2,5,8,11-15H2,1H3,(H,23,24);1H. The van der Waals surface area contributed by atoms with Crippen LogP contribution in [-0.2, 0) is 16.0 Å². The average Bonchev–Trinajstić information content (AvgIpc) is 3.46. The molecule has 2 atom stereocenters. The number of guanidine groups is 1. The van der Waals surface area contributed by atoms with Crippen molar-refractivity contribution in [2.75, 3.05) is 32.8 Å². The van der Waals surface area contributed by atoms with Gasteiger partial charge in [0.15, 0.2) is 5.96 Å². The molecule has 1 N–H and O–H groups in total. The van der Waals surface area contributed by atoms with Crippen LogP contribution >= 0.6 is 24.0 Å². The normalized spacial score (nSPS) is 22.4. The molecule has 29 heavy (non-hydrogen) atoms. The number of para-hydroxylation sites is 1. The van der Waals surface area contributed by atoms with E-state index in [9.17, 15) is 0 Å². The van der Waals surface area contributed by atoms with Gasteiger partial charge in [-0.15, -0.1) is 24.0 Å². The fourth-order valence-electron chi connectivity index (χ4n) is 3.87. The Hall–Kier alpha value is -1.65. The molecule has 0 spiro atoms. The third-order valence-electron chi connectivity index (χ3n) is 5.28. The molecule has 4 rings (SSSR count). The number of aromatic nitrogens is 2. The third kappa shape index (κ3) is 5.49. The molecule has 2 fully saturated rings.